The predicted molar refractivity (Wildman–Crippen MR) is 47.6 cm³/mol. The van der Waals surface area contributed by atoms with Gasteiger partial charge in [0.2, 0.25) is 5.96 Å². The maximum atomic E-state index is 11.2. The van der Waals surface area contributed by atoms with Gasteiger partial charge in [-0.2, -0.15) is 0 Å². The van der Waals surface area contributed by atoms with E-state index < -0.39 is 6.03 Å². The molecule has 13 heavy (non-hydrogen) atoms. The molecule has 0 radical (unpaired) electrons. The molecule has 4 N–H and O–H groups in total. The third kappa shape index (κ3) is 1.78. The van der Waals surface area contributed by atoms with Crippen molar-refractivity contribution in [3.63, 3.8) is 0 Å². The van der Waals surface area contributed by atoms with Crippen molar-refractivity contribution in [2.24, 2.45) is 5.73 Å². The molecular weight excluding hydrogens is 172 g/mol. The summed E-state index contributed by atoms with van der Waals surface area (Å²) in [6.45, 7) is 0. The van der Waals surface area contributed by atoms with Crippen LogP contribution >= 0.6 is 0 Å². The van der Waals surface area contributed by atoms with Crippen LogP contribution in [0.5, 0.6) is 0 Å². The van der Waals surface area contributed by atoms with Crippen LogP contribution in [0.1, 0.15) is 0 Å². The number of hydrogen-bond acceptors (Lipinski definition) is 3. The first kappa shape index (κ1) is 9.11. The minimum Gasteiger partial charge on any atom is -0.470 e. The standard InChI is InChI=1S/C7H10N4O2/c1-10-7(12)11(6(8)9)5-2-3-13-4-5/h2-4H,1H3,(H3,8,9)(H,10,12). The molecule has 0 aliphatic carbocycles. The van der Waals surface area contributed by atoms with Gasteiger partial charge in [0.15, 0.2) is 0 Å². The second-order valence-corrected chi connectivity index (χ2v) is 2.26. The third-order valence-electron chi connectivity index (χ3n) is 1.42. The molecule has 6 heteroatoms. The smallest absolute Gasteiger partial charge is 0.328 e. The van der Waals surface area contributed by atoms with Gasteiger partial charge in [0.25, 0.3) is 0 Å². The van der Waals surface area contributed by atoms with E-state index in [0.29, 0.717) is 5.69 Å². The molecule has 0 unspecified atom stereocenters. The fourth-order valence-corrected chi connectivity index (χ4v) is 0.862. The van der Waals surface area contributed by atoms with Crippen LogP contribution in [0.4, 0.5) is 10.5 Å². The molecular formula is C7H10N4O2. The van der Waals surface area contributed by atoms with E-state index in [1.165, 1.54) is 25.6 Å². The van der Waals surface area contributed by atoms with Crippen molar-refractivity contribution in [2.45, 2.75) is 0 Å². The average molecular weight is 182 g/mol. The van der Waals surface area contributed by atoms with E-state index in [-0.39, 0.29) is 5.96 Å². The van der Waals surface area contributed by atoms with Gasteiger partial charge < -0.3 is 15.5 Å². The van der Waals surface area contributed by atoms with Crippen molar-refractivity contribution in [3.05, 3.63) is 18.6 Å². The maximum Gasteiger partial charge on any atom is 0.328 e. The van der Waals surface area contributed by atoms with Crippen molar-refractivity contribution in [2.75, 3.05) is 11.9 Å². The Kier molecular flexibility index (Phi) is 2.53. The zero-order valence-electron chi connectivity index (χ0n) is 7.07. The topological polar surface area (TPSA) is 95.4 Å². The van der Waals surface area contributed by atoms with Crippen molar-refractivity contribution in [1.29, 1.82) is 5.41 Å². The molecule has 2 amide bonds. The van der Waals surface area contributed by atoms with E-state index in [4.69, 9.17) is 15.6 Å². The van der Waals surface area contributed by atoms with Crippen LogP contribution in [0, 0.1) is 5.41 Å². The fourth-order valence-electron chi connectivity index (χ4n) is 0.862. The highest BCUT2D eigenvalue weighted by molar-refractivity contribution is 6.13. The number of nitrogens with one attached hydrogen (secondary N) is 2. The maximum absolute atomic E-state index is 11.2. The van der Waals surface area contributed by atoms with Gasteiger partial charge in [-0.15, -0.1) is 0 Å². The van der Waals surface area contributed by atoms with Gasteiger partial charge in [0.1, 0.15) is 6.26 Å². The number of nitrogens with zero attached hydrogens (tertiary/aromatic N) is 1. The molecule has 6 nitrogen and oxygen atoms in total. The van der Waals surface area contributed by atoms with Gasteiger partial charge in [0, 0.05) is 13.1 Å². The Morgan fingerprint density at radius 2 is 2.46 bits per heavy atom. The Bertz CT molecular complexity index is 306. The zero-order valence-corrected chi connectivity index (χ0v) is 7.07. The van der Waals surface area contributed by atoms with E-state index in [2.05, 4.69) is 5.32 Å². The Morgan fingerprint density at radius 3 is 2.85 bits per heavy atom. The summed E-state index contributed by atoms with van der Waals surface area (Å²) in [5, 5.41) is 9.52. The first-order valence-corrected chi connectivity index (χ1v) is 3.55. The summed E-state index contributed by atoms with van der Waals surface area (Å²) in [6.07, 6.45) is 2.73. The second kappa shape index (κ2) is 3.61. The fraction of sp³-hybridized carbons (Fsp3) is 0.143. The lowest BCUT2D eigenvalue weighted by Gasteiger charge is -2.17. The number of carbonyl (C=O) groups is 1. The summed E-state index contributed by atoms with van der Waals surface area (Å²) < 4.78 is 4.77. The third-order valence-corrected chi connectivity index (χ3v) is 1.42. The number of anilines is 1. The number of urea groups is 1. The molecule has 0 saturated heterocycles. The van der Waals surface area contributed by atoms with Gasteiger partial charge in [0.05, 0.1) is 12.0 Å². The summed E-state index contributed by atoms with van der Waals surface area (Å²) in [7, 11) is 1.46. The highest BCUT2D eigenvalue weighted by Gasteiger charge is 2.17. The molecule has 1 rings (SSSR count). The number of nitrogens with two attached hydrogens (primary N) is 1. The molecule has 1 heterocycles. The lowest BCUT2D eigenvalue weighted by Crippen LogP contribution is -2.45. The molecule has 1 aromatic heterocycles. The molecule has 0 aliphatic heterocycles. The molecule has 0 aliphatic rings. The Hall–Kier alpha value is -1.98. The second-order valence-electron chi connectivity index (χ2n) is 2.26. The highest BCUT2D eigenvalue weighted by atomic mass is 16.3. The monoisotopic (exact) mass is 182 g/mol. The zero-order chi connectivity index (χ0) is 9.84. The van der Waals surface area contributed by atoms with Crippen LogP contribution in [0.3, 0.4) is 0 Å². The highest BCUT2D eigenvalue weighted by Crippen LogP contribution is 2.13. The molecule has 0 atom stereocenters. The van der Waals surface area contributed by atoms with Crippen molar-refractivity contribution in [1.82, 2.24) is 5.32 Å². The summed E-state index contributed by atoms with van der Waals surface area (Å²) in [5.41, 5.74) is 5.63. The van der Waals surface area contributed by atoms with Crippen molar-refractivity contribution >= 4 is 17.7 Å². The van der Waals surface area contributed by atoms with Crippen LogP contribution in [-0.4, -0.2) is 19.0 Å². The van der Waals surface area contributed by atoms with E-state index in [9.17, 15) is 4.79 Å². The van der Waals surface area contributed by atoms with Crippen LogP contribution in [0.2, 0.25) is 0 Å². The van der Waals surface area contributed by atoms with E-state index >= 15 is 0 Å². The van der Waals surface area contributed by atoms with Crippen molar-refractivity contribution in [3.8, 4) is 0 Å². The van der Waals surface area contributed by atoms with E-state index in [0.717, 1.165) is 4.90 Å². The number of furan rings is 1. The lowest BCUT2D eigenvalue weighted by molar-refractivity contribution is 0.251. The van der Waals surface area contributed by atoms with Crippen LogP contribution in [0.15, 0.2) is 23.0 Å². The van der Waals surface area contributed by atoms with Gasteiger partial charge >= 0.3 is 6.03 Å². The summed E-state index contributed by atoms with van der Waals surface area (Å²) in [4.78, 5) is 12.2. The van der Waals surface area contributed by atoms with Gasteiger partial charge in [-0.05, 0) is 0 Å². The number of rotatable bonds is 1. The van der Waals surface area contributed by atoms with Gasteiger partial charge in [-0.1, -0.05) is 0 Å². The minimum absolute atomic E-state index is 0.360. The summed E-state index contributed by atoms with van der Waals surface area (Å²) in [6, 6.07) is 1.06. The van der Waals surface area contributed by atoms with Crippen LogP contribution in [0.25, 0.3) is 0 Å². The van der Waals surface area contributed by atoms with Crippen LogP contribution in [-0.2, 0) is 0 Å². The Morgan fingerprint density at radius 1 is 1.77 bits per heavy atom. The molecule has 0 bridgehead atoms. The largest absolute Gasteiger partial charge is 0.470 e. The average Bonchev–Trinajstić information content (AvgIpc) is 2.56. The predicted octanol–water partition coefficient (Wildman–Crippen LogP) is 0.319. The van der Waals surface area contributed by atoms with Gasteiger partial charge in [-0.3, -0.25) is 5.41 Å². The van der Waals surface area contributed by atoms with E-state index in [1.54, 1.807) is 0 Å². The normalized spacial score (nSPS) is 9.31. The Balaban J connectivity index is 2.93. The number of guanidine groups is 1. The summed E-state index contributed by atoms with van der Waals surface area (Å²) in [5.74, 6) is -0.360. The molecule has 0 aromatic carbocycles. The molecule has 1 aromatic rings. The molecule has 0 fully saturated rings. The molecule has 0 spiro atoms. The summed E-state index contributed by atoms with van der Waals surface area (Å²) >= 11 is 0. The molecule has 70 valence electrons. The van der Waals surface area contributed by atoms with Crippen LogP contribution < -0.4 is 16.0 Å². The number of amides is 2. The first-order chi connectivity index (χ1) is 6.16. The SMILES string of the molecule is CNC(=O)N(C(=N)N)c1ccoc1. The number of carbonyl (C=O) groups excluding carboxylic acids is 1. The minimum atomic E-state index is -0.478. The molecule has 0 saturated carbocycles. The lowest BCUT2D eigenvalue weighted by atomic mass is 10.4. The van der Waals surface area contributed by atoms with Crippen molar-refractivity contribution < 1.29 is 9.21 Å². The first-order valence-electron chi connectivity index (χ1n) is 3.55. The quantitative estimate of drug-likeness (QED) is 0.431. The van der Waals surface area contributed by atoms with Gasteiger partial charge in [-0.25, -0.2) is 9.69 Å². The Labute approximate surface area is 74.8 Å². The number of hydrogen-bond donors (Lipinski definition) is 3. The van der Waals surface area contributed by atoms with E-state index in [1.807, 2.05) is 0 Å².